The van der Waals surface area contributed by atoms with Gasteiger partial charge < -0.3 is 10.2 Å². The number of nitrogens with zero attached hydrogens (tertiary/aromatic N) is 4. The highest BCUT2D eigenvalue weighted by molar-refractivity contribution is 7.19. The lowest BCUT2D eigenvalue weighted by atomic mass is 9.94. The molecule has 3 rings (SSSR count). The third kappa shape index (κ3) is 3.90. The van der Waals surface area contributed by atoms with Crippen molar-refractivity contribution in [1.29, 1.82) is 0 Å². The summed E-state index contributed by atoms with van der Waals surface area (Å²) in [6, 6.07) is -0.0445. The lowest BCUT2D eigenvalue weighted by molar-refractivity contribution is -0.140. The fourth-order valence-corrected chi connectivity index (χ4v) is 3.83. The number of nitrogens with one attached hydrogen (secondary N) is 1. The van der Waals surface area contributed by atoms with Crippen LogP contribution in [0.3, 0.4) is 0 Å². The molecule has 138 valence electrons. The summed E-state index contributed by atoms with van der Waals surface area (Å²) in [4.78, 5) is 39.9. The van der Waals surface area contributed by atoms with Crippen molar-refractivity contribution in [2.24, 2.45) is 5.41 Å². The van der Waals surface area contributed by atoms with Gasteiger partial charge in [0.05, 0.1) is 29.0 Å². The predicted octanol–water partition coefficient (Wildman–Crippen LogP) is 3.27. The van der Waals surface area contributed by atoms with E-state index in [1.165, 1.54) is 18.3 Å². The van der Waals surface area contributed by atoms with Crippen LogP contribution >= 0.6 is 11.3 Å². The molecule has 1 aliphatic rings. The molecule has 2 aromatic heterocycles. The standard InChI is InChI=1S/C18H23N5O2S/c1-11(24)21-17-20-10-15(26-17)13-9-19-8-12(22-13)14-6-5-7-23(14)16(25)18(2,3)4/h8-10,14H,5-7H2,1-4H3,(H,20,21,24). The third-order valence-corrected chi connectivity index (χ3v) is 5.13. The molecule has 1 N–H and O–H groups in total. The Labute approximate surface area is 156 Å². The molecule has 1 fully saturated rings. The predicted molar refractivity (Wildman–Crippen MR) is 101 cm³/mol. The van der Waals surface area contributed by atoms with Crippen LogP contribution in [0.5, 0.6) is 0 Å². The first kappa shape index (κ1) is 18.4. The minimum atomic E-state index is -0.418. The Hall–Kier alpha value is -2.35. The van der Waals surface area contributed by atoms with Gasteiger partial charge in [-0.05, 0) is 12.8 Å². The van der Waals surface area contributed by atoms with E-state index in [0.29, 0.717) is 10.8 Å². The number of carbonyl (C=O) groups excluding carboxylic acids is 2. The maximum Gasteiger partial charge on any atom is 0.228 e. The first-order valence-corrected chi connectivity index (χ1v) is 9.44. The molecule has 1 unspecified atom stereocenters. The van der Waals surface area contributed by atoms with Crippen molar-refractivity contribution in [2.75, 3.05) is 11.9 Å². The van der Waals surface area contributed by atoms with E-state index in [0.717, 1.165) is 30.0 Å². The topological polar surface area (TPSA) is 88.1 Å². The van der Waals surface area contributed by atoms with Crippen LogP contribution in [0, 0.1) is 5.41 Å². The van der Waals surface area contributed by atoms with Crippen LogP contribution in [0.4, 0.5) is 5.13 Å². The number of hydrogen-bond acceptors (Lipinski definition) is 6. The zero-order chi connectivity index (χ0) is 18.9. The van der Waals surface area contributed by atoms with Crippen molar-refractivity contribution >= 4 is 28.3 Å². The summed E-state index contributed by atoms with van der Waals surface area (Å²) in [7, 11) is 0. The first-order valence-electron chi connectivity index (χ1n) is 8.62. The molecule has 0 bridgehead atoms. The van der Waals surface area contributed by atoms with Gasteiger partial charge in [0.1, 0.15) is 5.69 Å². The van der Waals surface area contributed by atoms with Crippen LogP contribution in [0.2, 0.25) is 0 Å². The summed E-state index contributed by atoms with van der Waals surface area (Å²) in [6.07, 6.45) is 6.94. The molecule has 8 heteroatoms. The number of carbonyl (C=O) groups is 2. The number of hydrogen-bond donors (Lipinski definition) is 1. The van der Waals surface area contributed by atoms with E-state index in [1.54, 1.807) is 18.6 Å². The molecule has 0 aliphatic carbocycles. The molecule has 3 heterocycles. The molecule has 26 heavy (non-hydrogen) atoms. The van der Waals surface area contributed by atoms with Gasteiger partial charge in [0, 0.05) is 25.1 Å². The van der Waals surface area contributed by atoms with Gasteiger partial charge in [-0.15, -0.1) is 0 Å². The zero-order valence-corrected chi connectivity index (χ0v) is 16.3. The minimum absolute atomic E-state index is 0.0445. The molecular formula is C18H23N5O2S. The number of aromatic nitrogens is 3. The second-order valence-electron chi connectivity index (χ2n) is 7.45. The molecule has 2 amide bonds. The van der Waals surface area contributed by atoms with E-state index in [-0.39, 0.29) is 17.9 Å². The molecule has 7 nitrogen and oxygen atoms in total. The van der Waals surface area contributed by atoms with Crippen LogP contribution in [-0.4, -0.2) is 38.2 Å². The Kier molecular flexibility index (Phi) is 5.04. The molecule has 0 aromatic carbocycles. The van der Waals surface area contributed by atoms with E-state index in [2.05, 4.69) is 15.3 Å². The van der Waals surface area contributed by atoms with E-state index in [1.807, 2.05) is 25.7 Å². The lowest BCUT2D eigenvalue weighted by Gasteiger charge is -2.30. The number of anilines is 1. The summed E-state index contributed by atoms with van der Waals surface area (Å²) in [6.45, 7) is 8.01. The second kappa shape index (κ2) is 7.11. The molecule has 0 saturated carbocycles. The van der Waals surface area contributed by atoms with E-state index in [4.69, 9.17) is 4.98 Å². The largest absolute Gasteiger partial charge is 0.334 e. The van der Waals surface area contributed by atoms with Gasteiger partial charge in [-0.25, -0.2) is 9.97 Å². The third-order valence-electron chi connectivity index (χ3n) is 4.19. The van der Waals surface area contributed by atoms with E-state index >= 15 is 0 Å². The highest BCUT2D eigenvalue weighted by Crippen LogP contribution is 2.35. The van der Waals surface area contributed by atoms with Gasteiger partial charge in [0.15, 0.2) is 5.13 Å². The number of likely N-dealkylation sites (tertiary alicyclic amines) is 1. The number of amides is 2. The molecular weight excluding hydrogens is 350 g/mol. The average molecular weight is 373 g/mol. The zero-order valence-electron chi connectivity index (χ0n) is 15.4. The maximum atomic E-state index is 12.7. The van der Waals surface area contributed by atoms with Crippen molar-refractivity contribution in [3.63, 3.8) is 0 Å². The Morgan fingerprint density at radius 3 is 2.73 bits per heavy atom. The van der Waals surface area contributed by atoms with Crippen molar-refractivity contribution in [3.05, 3.63) is 24.3 Å². The van der Waals surface area contributed by atoms with Crippen LogP contribution in [0.1, 0.15) is 52.3 Å². The van der Waals surface area contributed by atoms with Crippen molar-refractivity contribution in [3.8, 4) is 10.6 Å². The quantitative estimate of drug-likeness (QED) is 0.892. The second-order valence-corrected chi connectivity index (χ2v) is 8.48. The van der Waals surface area contributed by atoms with E-state index < -0.39 is 5.41 Å². The van der Waals surface area contributed by atoms with Crippen molar-refractivity contribution in [2.45, 2.75) is 46.6 Å². The lowest BCUT2D eigenvalue weighted by Crippen LogP contribution is -2.39. The highest BCUT2D eigenvalue weighted by Gasteiger charge is 2.36. The molecule has 1 saturated heterocycles. The summed E-state index contributed by atoms with van der Waals surface area (Å²) >= 11 is 1.35. The fraction of sp³-hybridized carbons (Fsp3) is 0.500. The van der Waals surface area contributed by atoms with Gasteiger partial charge in [-0.1, -0.05) is 32.1 Å². The average Bonchev–Trinajstić information content (AvgIpc) is 3.22. The van der Waals surface area contributed by atoms with Crippen LogP contribution < -0.4 is 5.32 Å². The Balaban J connectivity index is 1.86. The first-order chi connectivity index (χ1) is 12.3. The number of rotatable bonds is 3. The molecule has 0 spiro atoms. The Bertz CT molecular complexity index is 827. The molecule has 2 aromatic rings. The monoisotopic (exact) mass is 373 g/mol. The SMILES string of the molecule is CC(=O)Nc1ncc(-c2cncc(C3CCCN3C(=O)C(C)(C)C)n2)s1. The number of thiazole rings is 1. The summed E-state index contributed by atoms with van der Waals surface area (Å²) in [5.41, 5.74) is 1.08. The van der Waals surface area contributed by atoms with Crippen molar-refractivity contribution < 1.29 is 9.59 Å². The summed E-state index contributed by atoms with van der Waals surface area (Å²) < 4.78 is 0. The Morgan fingerprint density at radius 1 is 1.27 bits per heavy atom. The van der Waals surface area contributed by atoms with Gasteiger partial charge >= 0.3 is 0 Å². The maximum absolute atomic E-state index is 12.7. The van der Waals surface area contributed by atoms with E-state index in [9.17, 15) is 9.59 Å². The molecule has 1 atom stereocenters. The molecule has 0 radical (unpaired) electrons. The smallest absolute Gasteiger partial charge is 0.228 e. The van der Waals surface area contributed by atoms with Gasteiger partial charge in [0.25, 0.3) is 0 Å². The van der Waals surface area contributed by atoms with Gasteiger partial charge in [-0.3, -0.25) is 14.6 Å². The highest BCUT2D eigenvalue weighted by atomic mass is 32.1. The van der Waals surface area contributed by atoms with Crippen molar-refractivity contribution in [1.82, 2.24) is 19.9 Å². The van der Waals surface area contributed by atoms with Crippen LogP contribution in [0.25, 0.3) is 10.6 Å². The normalized spacial score (nSPS) is 17.4. The summed E-state index contributed by atoms with van der Waals surface area (Å²) in [5, 5.41) is 3.20. The minimum Gasteiger partial charge on any atom is -0.334 e. The van der Waals surface area contributed by atoms with Crippen LogP contribution in [0.15, 0.2) is 18.6 Å². The summed E-state index contributed by atoms with van der Waals surface area (Å²) in [5.74, 6) is -0.0223. The van der Waals surface area contributed by atoms with Gasteiger partial charge in [-0.2, -0.15) is 0 Å². The molecule has 1 aliphatic heterocycles. The Morgan fingerprint density at radius 2 is 2.04 bits per heavy atom. The van der Waals surface area contributed by atoms with Gasteiger partial charge in [0.2, 0.25) is 11.8 Å². The van der Waals surface area contributed by atoms with Crippen LogP contribution in [-0.2, 0) is 9.59 Å². The fourth-order valence-electron chi connectivity index (χ4n) is 3.01.